The molecule has 0 amide bonds. The number of unbranched alkanes of at least 4 members (excludes halogenated alkanes) is 11. The molecule has 1 atom stereocenters. The first-order valence-corrected chi connectivity index (χ1v) is 12.6. The maximum absolute atomic E-state index is 12.5. The van der Waals surface area contributed by atoms with Gasteiger partial charge in [0.15, 0.2) is 5.78 Å². The highest BCUT2D eigenvalue weighted by Crippen LogP contribution is 2.24. The maximum atomic E-state index is 12.5. The summed E-state index contributed by atoms with van der Waals surface area (Å²) in [6.07, 6.45) is 15.9. The van der Waals surface area contributed by atoms with Crippen LogP contribution in [-0.2, 0) is 4.79 Å². The number of carboxylic acid groups (broad SMARTS) is 1. The second-order valence-corrected chi connectivity index (χ2v) is 8.89. The van der Waals surface area contributed by atoms with Crippen LogP contribution in [0.1, 0.15) is 118 Å². The van der Waals surface area contributed by atoms with Crippen LogP contribution in [0.25, 0.3) is 0 Å². The van der Waals surface area contributed by atoms with Crippen molar-refractivity contribution in [2.45, 2.75) is 96.3 Å². The number of benzene rings is 2. The number of carbonyl (C=O) groups is 2. The van der Waals surface area contributed by atoms with Gasteiger partial charge in [-0.1, -0.05) is 139 Å². The molecule has 0 bridgehead atoms. The molecular formula is C29H40O3. The van der Waals surface area contributed by atoms with Crippen LogP contribution in [0.3, 0.4) is 0 Å². The third kappa shape index (κ3) is 9.38. The van der Waals surface area contributed by atoms with Crippen LogP contribution in [0.15, 0.2) is 54.6 Å². The van der Waals surface area contributed by atoms with E-state index in [4.69, 9.17) is 0 Å². The van der Waals surface area contributed by atoms with Crippen molar-refractivity contribution in [3.63, 3.8) is 0 Å². The zero-order chi connectivity index (χ0) is 23.0. The highest BCUT2D eigenvalue weighted by molar-refractivity contribution is 6.08. The van der Waals surface area contributed by atoms with Gasteiger partial charge in [0, 0.05) is 11.1 Å². The summed E-state index contributed by atoms with van der Waals surface area (Å²) in [7, 11) is 0. The summed E-state index contributed by atoms with van der Waals surface area (Å²) in [5.41, 5.74) is 2.02. The van der Waals surface area contributed by atoms with Gasteiger partial charge in [0.2, 0.25) is 0 Å². The van der Waals surface area contributed by atoms with Crippen molar-refractivity contribution in [2.24, 2.45) is 0 Å². The molecule has 2 aromatic carbocycles. The molecule has 174 valence electrons. The fourth-order valence-corrected chi connectivity index (χ4v) is 4.25. The highest BCUT2D eigenvalue weighted by atomic mass is 16.4. The largest absolute Gasteiger partial charge is 0.481 e. The van der Waals surface area contributed by atoms with Gasteiger partial charge in [-0.3, -0.25) is 9.59 Å². The van der Waals surface area contributed by atoms with Crippen molar-refractivity contribution >= 4 is 11.8 Å². The van der Waals surface area contributed by atoms with Gasteiger partial charge in [0.05, 0.1) is 5.92 Å². The standard InChI is InChI=1S/C29H40O3/c1-2-3-4-5-6-7-8-9-10-11-12-16-19-27(29(31)32)24-20-22-26(23-21-24)28(30)25-17-14-13-15-18-25/h13-15,17-18,20-23,27H,2-12,16,19H2,1H3,(H,31,32). The van der Waals surface area contributed by atoms with Crippen molar-refractivity contribution in [2.75, 3.05) is 0 Å². The summed E-state index contributed by atoms with van der Waals surface area (Å²) in [5.74, 6) is -1.32. The minimum atomic E-state index is -0.782. The minimum absolute atomic E-state index is 0.0371. The van der Waals surface area contributed by atoms with Gasteiger partial charge in [0.1, 0.15) is 0 Å². The fourth-order valence-electron chi connectivity index (χ4n) is 4.25. The van der Waals surface area contributed by atoms with Gasteiger partial charge in [-0.05, 0) is 12.0 Å². The van der Waals surface area contributed by atoms with Gasteiger partial charge in [-0.25, -0.2) is 0 Å². The third-order valence-electron chi connectivity index (χ3n) is 6.26. The molecule has 3 nitrogen and oxygen atoms in total. The molecule has 3 heteroatoms. The summed E-state index contributed by atoms with van der Waals surface area (Å²) in [5, 5.41) is 9.69. The molecular weight excluding hydrogens is 396 g/mol. The van der Waals surface area contributed by atoms with E-state index in [0.717, 1.165) is 18.4 Å². The number of carbonyl (C=O) groups excluding carboxylic acids is 1. The molecule has 0 aliphatic rings. The van der Waals surface area contributed by atoms with E-state index < -0.39 is 11.9 Å². The van der Waals surface area contributed by atoms with Crippen LogP contribution in [0.2, 0.25) is 0 Å². The first-order valence-electron chi connectivity index (χ1n) is 12.6. The smallest absolute Gasteiger partial charge is 0.310 e. The van der Waals surface area contributed by atoms with Gasteiger partial charge in [-0.2, -0.15) is 0 Å². The molecule has 32 heavy (non-hydrogen) atoms. The van der Waals surface area contributed by atoms with Crippen molar-refractivity contribution < 1.29 is 14.7 Å². The third-order valence-corrected chi connectivity index (χ3v) is 6.26. The van der Waals surface area contributed by atoms with E-state index in [1.165, 1.54) is 64.2 Å². The van der Waals surface area contributed by atoms with Crippen LogP contribution in [0.4, 0.5) is 0 Å². The van der Waals surface area contributed by atoms with Crippen molar-refractivity contribution in [1.82, 2.24) is 0 Å². The van der Waals surface area contributed by atoms with Crippen molar-refractivity contribution in [1.29, 1.82) is 0 Å². The summed E-state index contributed by atoms with van der Waals surface area (Å²) in [6.45, 7) is 2.25. The van der Waals surface area contributed by atoms with E-state index >= 15 is 0 Å². The van der Waals surface area contributed by atoms with E-state index in [0.29, 0.717) is 17.5 Å². The number of hydrogen-bond acceptors (Lipinski definition) is 2. The quantitative estimate of drug-likeness (QED) is 0.201. The number of hydrogen-bond donors (Lipinski definition) is 1. The Balaban J connectivity index is 1.68. The first-order chi connectivity index (χ1) is 15.6. The lowest BCUT2D eigenvalue weighted by atomic mass is 9.91. The number of carboxylic acids is 1. The summed E-state index contributed by atoms with van der Waals surface area (Å²) in [6, 6.07) is 16.3. The molecule has 0 aliphatic carbocycles. The Bertz CT molecular complexity index is 780. The molecule has 0 saturated carbocycles. The molecule has 1 N–H and O–H groups in total. The van der Waals surface area contributed by atoms with Crippen LogP contribution in [0.5, 0.6) is 0 Å². The zero-order valence-electron chi connectivity index (χ0n) is 19.7. The molecule has 0 heterocycles. The molecule has 0 aliphatic heterocycles. The number of rotatable bonds is 17. The Kier molecular flexibility index (Phi) is 12.4. The number of ketones is 1. The van der Waals surface area contributed by atoms with Crippen LogP contribution in [-0.4, -0.2) is 16.9 Å². The fraction of sp³-hybridized carbons (Fsp3) is 0.517. The van der Waals surface area contributed by atoms with Crippen LogP contribution >= 0.6 is 0 Å². The van der Waals surface area contributed by atoms with E-state index in [2.05, 4.69) is 6.92 Å². The van der Waals surface area contributed by atoms with Gasteiger partial charge < -0.3 is 5.11 Å². The monoisotopic (exact) mass is 436 g/mol. The van der Waals surface area contributed by atoms with Crippen LogP contribution in [0, 0.1) is 0 Å². The van der Waals surface area contributed by atoms with Crippen molar-refractivity contribution in [3.8, 4) is 0 Å². The second kappa shape index (κ2) is 15.4. The Morgan fingerprint density at radius 3 is 1.62 bits per heavy atom. The molecule has 0 fully saturated rings. The summed E-state index contributed by atoms with van der Waals surface area (Å²) in [4.78, 5) is 24.3. The van der Waals surface area contributed by atoms with E-state index in [-0.39, 0.29) is 5.78 Å². The van der Waals surface area contributed by atoms with Crippen LogP contribution < -0.4 is 0 Å². The van der Waals surface area contributed by atoms with E-state index in [9.17, 15) is 14.7 Å². The molecule has 0 radical (unpaired) electrons. The lowest BCUT2D eigenvalue weighted by Crippen LogP contribution is -2.12. The molecule has 1 unspecified atom stereocenters. The average molecular weight is 437 g/mol. The second-order valence-electron chi connectivity index (χ2n) is 8.89. The van der Waals surface area contributed by atoms with Gasteiger partial charge in [0.25, 0.3) is 0 Å². The Morgan fingerprint density at radius 1 is 0.656 bits per heavy atom. The average Bonchev–Trinajstić information content (AvgIpc) is 2.82. The predicted molar refractivity (Wildman–Crippen MR) is 132 cm³/mol. The molecule has 2 aromatic rings. The normalized spacial score (nSPS) is 11.9. The highest BCUT2D eigenvalue weighted by Gasteiger charge is 2.20. The SMILES string of the molecule is CCCCCCCCCCCCCCC(C(=O)O)c1ccc(C(=O)c2ccccc2)cc1. The number of aliphatic carboxylic acids is 1. The Morgan fingerprint density at radius 2 is 1.12 bits per heavy atom. The van der Waals surface area contributed by atoms with Crippen molar-refractivity contribution in [3.05, 3.63) is 71.3 Å². The zero-order valence-corrected chi connectivity index (χ0v) is 19.7. The Labute approximate surface area is 194 Å². The van der Waals surface area contributed by atoms with Gasteiger partial charge in [-0.15, -0.1) is 0 Å². The molecule has 0 spiro atoms. The lowest BCUT2D eigenvalue weighted by Gasteiger charge is -2.13. The Hall–Kier alpha value is -2.42. The topological polar surface area (TPSA) is 54.4 Å². The summed E-state index contributed by atoms with van der Waals surface area (Å²) < 4.78 is 0. The van der Waals surface area contributed by atoms with Gasteiger partial charge >= 0.3 is 5.97 Å². The van der Waals surface area contributed by atoms with E-state index in [1.807, 2.05) is 18.2 Å². The molecule has 0 saturated heterocycles. The first kappa shape index (κ1) is 25.8. The summed E-state index contributed by atoms with van der Waals surface area (Å²) >= 11 is 0. The maximum Gasteiger partial charge on any atom is 0.310 e. The predicted octanol–water partition coefficient (Wildman–Crippen LogP) is 8.18. The van der Waals surface area contributed by atoms with E-state index in [1.54, 1.807) is 36.4 Å². The minimum Gasteiger partial charge on any atom is -0.481 e. The lowest BCUT2D eigenvalue weighted by molar-refractivity contribution is -0.139. The molecule has 2 rings (SSSR count). The molecule has 0 aromatic heterocycles.